The van der Waals surface area contributed by atoms with Gasteiger partial charge in [0, 0.05) is 24.4 Å². The normalized spacial score (nSPS) is 11.3. The predicted octanol–water partition coefficient (Wildman–Crippen LogP) is 3.75. The molecule has 0 spiro atoms. The van der Waals surface area contributed by atoms with E-state index in [1.54, 1.807) is 12.1 Å². The zero-order valence-electron chi connectivity index (χ0n) is 10.9. The Morgan fingerprint density at radius 3 is 2.47 bits per heavy atom. The highest BCUT2D eigenvalue weighted by Crippen LogP contribution is 2.22. The molecule has 0 bridgehead atoms. The summed E-state index contributed by atoms with van der Waals surface area (Å²) in [5.41, 5.74) is 2.13. The highest BCUT2D eigenvalue weighted by atomic mass is 16.6. The number of hydrogen-bond acceptors (Lipinski definition) is 3. The van der Waals surface area contributed by atoms with Crippen molar-refractivity contribution in [3.05, 3.63) is 33.9 Å². The molecule has 4 heteroatoms. The van der Waals surface area contributed by atoms with Gasteiger partial charge < -0.3 is 5.32 Å². The molecule has 0 saturated carbocycles. The molecule has 0 fully saturated rings. The number of rotatable bonds is 4. The fraction of sp³-hybridized carbons (Fsp3) is 0.538. The van der Waals surface area contributed by atoms with Gasteiger partial charge in [0.15, 0.2) is 0 Å². The molecule has 0 saturated heterocycles. The maximum absolute atomic E-state index is 10.7. The van der Waals surface area contributed by atoms with Crippen LogP contribution in [0.1, 0.15) is 32.8 Å². The first-order valence-corrected chi connectivity index (χ1v) is 5.78. The summed E-state index contributed by atoms with van der Waals surface area (Å²) in [5.74, 6) is 0. The second-order valence-electron chi connectivity index (χ2n) is 5.55. The van der Waals surface area contributed by atoms with E-state index in [1.807, 2.05) is 13.0 Å². The molecule has 0 aliphatic heterocycles. The van der Waals surface area contributed by atoms with E-state index >= 15 is 0 Å². The van der Waals surface area contributed by atoms with Gasteiger partial charge in [0.1, 0.15) is 0 Å². The number of non-ortho nitro benzene ring substituents is 1. The molecule has 0 aromatic heterocycles. The standard InChI is InChI=1S/C13H20N2O2/c1-10-7-11(9-12(8-10)15(16)17)14-6-5-13(2,3)4/h7-9,14H,5-6H2,1-4H3. The highest BCUT2D eigenvalue weighted by Gasteiger charge is 2.11. The number of nitro benzene ring substituents is 1. The van der Waals surface area contributed by atoms with Gasteiger partial charge in [-0.25, -0.2) is 0 Å². The monoisotopic (exact) mass is 236 g/mol. The van der Waals surface area contributed by atoms with E-state index in [1.165, 1.54) is 0 Å². The van der Waals surface area contributed by atoms with Gasteiger partial charge >= 0.3 is 0 Å². The van der Waals surface area contributed by atoms with E-state index in [-0.39, 0.29) is 16.0 Å². The third-order valence-electron chi connectivity index (χ3n) is 2.48. The quantitative estimate of drug-likeness (QED) is 0.639. The van der Waals surface area contributed by atoms with Gasteiger partial charge in [0.05, 0.1) is 4.92 Å². The summed E-state index contributed by atoms with van der Waals surface area (Å²) in [6, 6.07) is 5.08. The maximum atomic E-state index is 10.7. The van der Waals surface area contributed by atoms with E-state index in [0.717, 1.165) is 24.2 Å². The number of benzene rings is 1. The lowest BCUT2D eigenvalue weighted by molar-refractivity contribution is -0.384. The van der Waals surface area contributed by atoms with Gasteiger partial charge in [-0.3, -0.25) is 10.1 Å². The van der Waals surface area contributed by atoms with Crippen LogP contribution in [-0.4, -0.2) is 11.5 Å². The van der Waals surface area contributed by atoms with Gasteiger partial charge in [-0.1, -0.05) is 20.8 Å². The topological polar surface area (TPSA) is 55.2 Å². The van der Waals surface area contributed by atoms with Crippen LogP contribution in [0.4, 0.5) is 11.4 Å². The van der Waals surface area contributed by atoms with E-state index in [9.17, 15) is 10.1 Å². The smallest absolute Gasteiger partial charge is 0.271 e. The minimum atomic E-state index is -0.359. The molecule has 1 aromatic carbocycles. The number of anilines is 1. The zero-order chi connectivity index (χ0) is 13.1. The van der Waals surface area contributed by atoms with Crippen molar-refractivity contribution in [2.45, 2.75) is 34.1 Å². The summed E-state index contributed by atoms with van der Waals surface area (Å²) in [4.78, 5) is 10.4. The molecule has 0 heterocycles. The van der Waals surface area contributed by atoms with Crippen LogP contribution < -0.4 is 5.32 Å². The van der Waals surface area contributed by atoms with Crippen LogP contribution >= 0.6 is 0 Å². The van der Waals surface area contributed by atoms with Gasteiger partial charge in [-0.2, -0.15) is 0 Å². The minimum absolute atomic E-state index is 0.142. The maximum Gasteiger partial charge on any atom is 0.271 e. The summed E-state index contributed by atoms with van der Waals surface area (Å²) < 4.78 is 0. The molecule has 0 amide bonds. The van der Waals surface area contributed by atoms with E-state index in [4.69, 9.17) is 0 Å². The molecular weight excluding hydrogens is 216 g/mol. The molecule has 0 aliphatic rings. The van der Waals surface area contributed by atoms with Crippen LogP contribution in [0.25, 0.3) is 0 Å². The predicted molar refractivity (Wildman–Crippen MR) is 70.4 cm³/mol. The molecule has 94 valence electrons. The Morgan fingerprint density at radius 1 is 1.29 bits per heavy atom. The summed E-state index contributed by atoms with van der Waals surface area (Å²) in [6.07, 6.45) is 1.02. The molecule has 1 rings (SSSR count). The van der Waals surface area contributed by atoms with Crippen LogP contribution in [0.3, 0.4) is 0 Å². The lowest BCUT2D eigenvalue weighted by atomic mass is 9.92. The molecule has 0 radical (unpaired) electrons. The third-order valence-corrected chi connectivity index (χ3v) is 2.48. The molecule has 17 heavy (non-hydrogen) atoms. The molecule has 0 unspecified atom stereocenters. The Hall–Kier alpha value is -1.58. The van der Waals surface area contributed by atoms with E-state index in [2.05, 4.69) is 26.1 Å². The van der Waals surface area contributed by atoms with Crippen LogP contribution in [0.2, 0.25) is 0 Å². The number of nitrogens with zero attached hydrogens (tertiary/aromatic N) is 1. The van der Waals surface area contributed by atoms with Crippen molar-refractivity contribution < 1.29 is 4.92 Å². The van der Waals surface area contributed by atoms with Crippen molar-refractivity contribution in [3.63, 3.8) is 0 Å². The highest BCUT2D eigenvalue weighted by molar-refractivity contribution is 5.53. The number of nitrogens with one attached hydrogen (secondary N) is 1. The van der Waals surface area contributed by atoms with Crippen molar-refractivity contribution >= 4 is 11.4 Å². The number of hydrogen-bond donors (Lipinski definition) is 1. The Morgan fingerprint density at radius 2 is 1.94 bits per heavy atom. The van der Waals surface area contributed by atoms with Gasteiger partial charge in [-0.15, -0.1) is 0 Å². The third kappa shape index (κ3) is 4.85. The lowest BCUT2D eigenvalue weighted by Gasteiger charge is -2.18. The number of aryl methyl sites for hydroxylation is 1. The zero-order valence-corrected chi connectivity index (χ0v) is 10.9. The second kappa shape index (κ2) is 5.17. The first kappa shape index (κ1) is 13.5. The summed E-state index contributed by atoms with van der Waals surface area (Å²) >= 11 is 0. The summed E-state index contributed by atoms with van der Waals surface area (Å²) in [6.45, 7) is 9.21. The Balaban J connectivity index is 2.68. The van der Waals surface area contributed by atoms with Crippen molar-refractivity contribution in [3.8, 4) is 0 Å². The first-order chi connectivity index (χ1) is 7.78. The Bertz CT molecular complexity index is 408. The molecule has 1 N–H and O–H groups in total. The van der Waals surface area contributed by atoms with E-state index < -0.39 is 0 Å². The second-order valence-corrected chi connectivity index (χ2v) is 5.55. The Labute approximate surface area is 102 Å². The fourth-order valence-electron chi connectivity index (χ4n) is 1.55. The lowest BCUT2D eigenvalue weighted by Crippen LogP contribution is -2.12. The molecule has 0 atom stereocenters. The molecule has 4 nitrogen and oxygen atoms in total. The van der Waals surface area contributed by atoms with Crippen LogP contribution in [0.5, 0.6) is 0 Å². The first-order valence-electron chi connectivity index (χ1n) is 5.78. The van der Waals surface area contributed by atoms with Crippen LogP contribution in [-0.2, 0) is 0 Å². The van der Waals surface area contributed by atoms with E-state index in [0.29, 0.717) is 0 Å². The number of nitro groups is 1. The van der Waals surface area contributed by atoms with Crippen LogP contribution in [0, 0.1) is 22.5 Å². The average molecular weight is 236 g/mol. The van der Waals surface area contributed by atoms with Gasteiger partial charge in [-0.05, 0) is 30.4 Å². The van der Waals surface area contributed by atoms with Gasteiger partial charge in [0.25, 0.3) is 5.69 Å². The Kier molecular flexibility index (Phi) is 4.10. The van der Waals surface area contributed by atoms with Crippen molar-refractivity contribution in [1.82, 2.24) is 0 Å². The molecular formula is C13H20N2O2. The fourth-order valence-corrected chi connectivity index (χ4v) is 1.55. The van der Waals surface area contributed by atoms with Crippen molar-refractivity contribution in [2.75, 3.05) is 11.9 Å². The summed E-state index contributed by atoms with van der Waals surface area (Å²) in [5, 5.41) is 13.9. The van der Waals surface area contributed by atoms with Gasteiger partial charge in [0.2, 0.25) is 0 Å². The minimum Gasteiger partial charge on any atom is -0.385 e. The SMILES string of the molecule is Cc1cc(NCCC(C)(C)C)cc([N+](=O)[O-])c1. The molecule has 0 aliphatic carbocycles. The van der Waals surface area contributed by atoms with Crippen molar-refractivity contribution in [2.24, 2.45) is 5.41 Å². The van der Waals surface area contributed by atoms with Crippen LogP contribution in [0.15, 0.2) is 18.2 Å². The van der Waals surface area contributed by atoms with Crippen molar-refractivity contribution in [1.29, 1.82) is 0 Å². The molecule has 1 aromatic rings. The average Bonchev–Trinajstić information content (AvgIpc) is 2.14. The summed E-state index contributed by atoms with van der Waals surface area (Å²) in [7, 11) is 0. The largest absolute Gasteiger partial charge is 0.385 e.